The lowest BCUT2D eigenvalue weighted by Gasteiger charge is -2.20. The van der Waals surface area contributed by atoms with Crippen molar-refractivity contribution >= 4 is 17.0 Å². The van der Waals surface area contributed by atoms with Crippen LogP contribution in [0.25, 0.3) is 33.9 Å². The fraction of sp³-hybridized carbons (Fsp3) is 0.273. The molecule has 0 fully saturated rings. The molecule has 7 nitrogen and oxygen atoms in total. The molecule has 0 bridgehead atoms. The maximum Gasteiger partial charge on any atom is 0.164 e. The molecule has 148 valence electrons. The summed E-state index contributed by atoms with van der Waals surface area (Å²) in [6.07, 6.45) is 4.56. The quantitative estimate of drug-likeness (QED) is 0.523. The van der Waals surface area contributed by atoms with Gasteiger partial charge in [0.15, 0.2) is 22.8 Å². The van der Waals surface area contributed by atoms with Gasteiger partial charge in [0.2, 0.25) is 0 Å². The summed E-state index contributed by atoms with van der Waals surface area (Å²) < 4.78 is 0. The van der Waals surface area contributed by atoms with E-state index >= 15 is 0 Å². The predicted molar refractivity (Wildman–Crippen MR) is 117 cm³/mol. The molecule has 7 heteroatoms. The van der Waals surface area contributed by atoms with Gasteiger partial charge in [0.25, 0.3) is 0 Å². The zero-order valence-corrected chi connectivity index (χ0v) is 17.0. The van der Waals surface area contributed by atoms with E-state index < -0.39 is 0 Å². The van der Waals surface area contributed by atoms with Gasteiger partial charge in [-0.2, -0.15) is 0 Å². The molecule has 1 N–H and O–H groups in total. The molecule has 0 saturated carbocycles. The molecule has 0 aliphatic rings. The Hall–Kier alpha value is -3.32. The van der Waals surface area contributed by atoms with E-state index in [2.05, 4.69) is 40.9 Å². The molecule has 29 heavy (non-hydrogen) atoms. The second-order valence-corrected chi connectivity index (χ2v) is 7.33. The second kappa shape index (κ2) is 8.36. The SMILES string of the molecule is CN(C)CCCN(C)c1nc(-c2ccccc2)nc2[nH]c(-c3ccncc3)nc12. The fourth-order valence-electron chi connectivity index (χ4n) is 3.24. The van der Waals surface area contributed by atoms with E-state index in [0.717, 1.165) is 53.4 Å². The molecule has 3 heterocycles. The first-order valence-corrected chi connectivity index (χ1v) is 9.71. The van der Waals surface area contributed by atoms with Crippen molar-refractivity contribution in [3.63, 3.8) is 0 Å². The number of nitrogens with zero attached hydrogens (tertiary/aromatic N) is 6. The van der Waals surface area contributed by atoms with Gasteiger partial charge in [0.05, 0.1) is 0 Å². The molecule has 0 aliphatic carbocycles. The zero-order valence-electron chi connectivity index (χ0n) is 17.0. The number of aromatic nitrogens is 5. The first kappa shape index (κ1) is 19.0. The van der Waals surface area contributed by atoms with Gasteiger partial charge >= 0.3 is 0 Å². The summed E-state index contributed by atoms with van der Waals surface area (Å²) in [5, 5.41) is 0. The number of pyridine rings is 1. The smallest absolute Gasteiger partial charge is 0.164 e. The lowest BCUT2D eigenvalue weighted by molar-refractivity contribution is 0.401. The summed E-state index contributed by atoms with van der Waals surface area (Å²) in [4.78, 5) is 26.3. The minimum Gasteiger partial charge on any atom is -0.358 e. The van der Waals surface area contributed by atoms with Gasteiger partial charge < -0.3 is 14.8 Å². The number of fused-ring (bicyclic) bond motifs is 1. The number of rotatable bonds is 7. The van der Waals surface area contributed by atoms with Crippen LogP contribution in [0.5, 0.6) is 0 Å². The highest BCUT2D eigenvalue weighted by Gasteiger charge is 2.17. The Morgan fingerprint density at radius 2 is 1.59 bits per heavy atom. The minimum atomic E-state index is 0.692. The van der Waals surface area contributed by atoms with Crippen molar-refractivity contribution in [1.82, 2.24) is 29.8 Å². The summed E-state index contributed by atoms with van der Waals surface area (Å²) in [6.45, 7) is 1.91. The molecule has 0 amide bonds. The van der Waals surface area contributed by atoms with Gasteiger partial charge in [0.1, 0.15) is 5.82 Å². The number of benzene rings is 1. The highest BCUT2D eigenvalue weighted by Crippen LogP contribution is 2.28. The van der Waals surface area contributed by atoms with Crippen LogP contribution in [0.1, 0.15) is 6.42 Å². The normalized spacial score (nSPS) is 11.3. The van der Waals surface area contributed by atoms with E-state index in [9.17, 15) is 0 Å². The summed E-state index contributed by atoms with van der Waals surface area (Å²) in [5.74, 6) is 2.30. The van der Waals surface area contributed by atoms with E-state index in [1.807, 2.05) is 42.5 Å². The highest BCUT2D eigenvalue weighted by atomic mass is 15.2. The summed E-state index contributed by atoms with van der Waals surface area (Å²) in [7, 11) is 6.24. The van der Waals surface area contributed by atoms with E-state index in [0.29, 0.717) is 5.82 Å². The average Bonchev–Trinajstić information content (AvgIpc) is 3.18. The van der Waals surface area contributed by atoms with E-state index in [4.69, 9.17) is 15.0 Å². The first-order chi connectivity index (χ1) is 14.1. The van der Waals surface area contributed by atoms with Gasteiger partial charge in [-0.3, -0.25) is 4.98 Å². The van der Waals surface area contributed by atoms with Crippen LogP contribution in [0, 0.1) is 0 Å². The molecule has 1 aromatic carbocycles. The zero-order chi connectivity index (χ0) is 20.2. The van der Waals surface area contributed by atoms with Crippen LogP contribution >= 0.6 is 0 Å². The number of anilines is 1. The van der Waals surface area contributed by atoms with Crippen LogP contribution < -0.4 is 4.90 Å². The number of hydrogen-bond acceptors (Lipinski definition) is 6. The number of nitrogens with one attached hydrogen (secondary N) is 1. The molecule has 0 unspecified atom stereocenters. The fourth-order valence-corrected chi connectivity index (χ4v) is 3.24. The maximum absolute atomic E-state index is 4.88. The Balaban J connectivity index is 1.78. The van der Waals surface area contributed by atoms with Crippen molar-refractivity contribution in [2.45, 2.75) is 6.42 Å². The Bertz CT molecular complexity index is 1070. The van der Waals surface area contributed by atoms with Crippen LogP contribution in [-0.4, -0.2) is 64.1 Å². The maximum atomic E-state index is 4.88. The van der Waals surface area contributed by atoms with Gasteiger partial charge in [-0.25, -0.2) is 15.0 Å². The Morgan fingerprint density at radius 1 is 0.828 bits per heavy atom. The average molecular weight is 387 g/mol. The van der Waals surface area contributed by atoms with Crippen molar-refractivity contribution in [2.24, 2.45) is 0 Å². The van der Waals surface area contributed by atoms with Gasteiger partial charge in [0, 0.05) is 37.1 Å². The van der Waals surface area contributed by atoms with E-state index in [1.165, 1.54) is 0 Å². The van der Waals surface area contributed by atoms with Crippen molar-refractivity contribution in [1.29, 1.82) is 0 Å². The third-order valence-corrected chi connectivity index (χ3v) is 4.77. The molecule has 0 spiro atoms. The number of H-pyrrole nitrogens is 1. The number of imidazole rings is 1. The molecular formula is C22H25N7. The monoisotopic (exact) mass is 387 g/mol. The predicted octanol–water partition coefficient (Wildman–Crippen LogP) is 3.47. The largest absolute Gasteiger partial charge is 0.358 e. The molecular weight excluding hydrogens is 362 g/mol. The Kier molecular flexibility index (Phi) is 5.48. The van der Waals surface area contributed by atoms with Crippen molar-refractivity contribution < 1.29 is 0 Å². The Morgan fingerprint density at radius 3 is 2.31 bits per heavy atom. The third kappa shape index (κ3) is 4.25. The van der Waals surface area contributed by atoms with E-state index in [1.54, 1.807) is 12.4 Å². The summed E-state index contributed by atoms with van der Waals surface area (Å²) in [6, 6.07) is 13.9. The molecule has 0 saturated heterocycles. The van der Waals surface area contributed by atoms with Gasteiger partial charge in [-0.05, 0) is 39.2 Å². The van der Waals surface area contributed by atoms with E-state index in [-0.39, 0.29) is 0 Å². The molecule has 4 aromatic rings. The lowest BCUT2D eigenvalue weighted by atomic mass is 10.2. The summed E-state index contributed by atoms with van der Waals surface area (Å²) in [5.41, 5.74) is 3.47. The molecule has 0 radical (unpaired) electrons. The highest BCUT2D eigenvalue weighted by molar-refractivity contribution is 5.87. The molecule has 4 rings (SSSR count). The van der Waals surface area contributed by atoms with Crippen molar-refractivity contribution in [3.05, 3.63) is 54.9 Å². The first-order valence-electron chi connectivity index (χ1n) is 9.71. The second-order valence-electron chi connectivity index (χ2n) is 7.33. The number of aromatic amines is 1. The van der Waals surface area contributed by atoms with Crippen LogP contribution in [0.3, 0.4) is 0 Å². The lowest BCUT2D eigenvalue weighted by Crippen LogP contribution is -2.24. The molecule has 3 aromatic heterocycles. The standard InChI is InChI=1S/C22H25N7/c1-28(2)14-7-15-29(3)22-18-21(25-19(24-18)17-10-12-23-13-11-17)26-20(27-22)16-8-5-4-6-9-16/h4-6,8-13H,7,14-15H2,1-3H3,(H,24,25,26,27). The molecule has 0 atom stereocenters. The van der Waals surface area contributed by atoms with Crippen LogP contribution in [0.2, 0.25) is 0 Å². The van der Waals surface area contributed by atoms with Crippen molar-refractivity contribution in [3.8, 4) is 22.8 Å². The number of hydrogen-bond donors (Lipinski definition) is 1. The minimum absolute atomic E-state index is 0.692. The topological polar surface area (TPSA) is 73.8 Å². The van der Waals surface area contributed by atoms with Gasteiger partial charge in [-0.15, -0.1) is 0 Å². The van der Waals surface area contributed by atoms with Crippen molar-refractivity contribution in [2.75, 3.05) is 39.1 Å². The summed E-state index contributed by atoms with van der Waals surface area (Å²) >= 11 is 0. The van der Waals surface area contributed by atoms with Crippen LogP contribution in [0.15, 0.2) is 54.9 Å². The van der Waals surface area contributed by atoms with Crippen LogP contribution in [-0.2, 0) is 0 Å². The van der Waals surface area contributed by atoms with Gasteiger partial charge in [-0.1, -0.05) is 30.3 Å². The third-order valence-electron chi connectivity index (χ3n) is 4.77. The Labute approximate surface area is 170 Å². The molecule has 0 aliphatic heterocycles. The van der Waals surface area contributed by atoms with Crippen LogP contribution in [0.4, 0.5) is 5.82 Å².